The van der Waals surface area contributed by atoms with Crippen molar-refractivity contribution in [1.29, 1.82) is 0 Å². The number of aryl methyl sites for hydroxylation is 2. The number of carbonyl (C=O) groups is 1. The van der Waals surface area contributed by atoms with Gasteiger partial charge in [0.1, 0.15) is 0 Å². The molecule has 0 bridgehead atoms. The van der Waals surface area contributed by atoms with E-state index in [4.69, 9.17) is 0 Å². The number of nitrogens with one attached hydrogen (secondary N) is 1. The fraction of sp³-hybridized carbons (Fsp3) is 0.417. The van der Waals surface area contributed by atoms with Gasteiger partial charge in [-0.1, -0.05) is 29.8 Å². The van der Waals surface area contributed by atoms with E-state index < -0.39 is 18.7 Å². The molecular formula is C12H14F3NO2. The maximum atomic E-state index is 11.7. The van der Waals surface area contributed by atoms with E-state index in [1.807, 2.05) is 31.2 Å². The summed E-state index contributed by atoms with van der Waals surface area (Å²) in [5.74, 6) is -0.569. The standard InChI is InChI=1S/C12H14F3NO2/c1-9-3-2-4-10(7-9)5-6-11(17)16-18-8-12(13,14)15/h2-4,7H,5-6,8H2,1H3,(H,16,17). The first-order valence-corrected chi connectivity index (χ1v) is 5.40. The van der Waals surface area contributed by atoms with Crippen LogP contribution in [0.25, 0.3) is 0 Å². The third-order valence-corrected chi connectivity index (χ3v) is 2.15. The second-order valence-corrected chi connectivity index (χ2v) is 3.92. The third-order valence-electron chi connectivity index (χ3n) is 2.15. The van der Waals surface area contributed by atoms with Gasteiger partial charge in [0.25, 0.3) is 0 Å². The Morgan fingerprint density at radius 3 is 2.72 bits per heavy atom. The van der Waals surface area contributed by atoms with Crippen LogP contribution in [0.15, 0.2) is 24.3 Å². The zero-order valence-corrected chi connectivity index (χ0v) is 9.88. The van der Waals surface area contributed by atoms with Crippen molar-refractivity contribution in [3.05, 3.63) is 35.4 Å². The largest absolute Gasteiger partial charge is 0.414 e. The molecule has 1 amide bonds. The van der Waals surface area contributed by atoms with Gasteiger partial charge in [0.05, 0.1) is 0 Å². The number of alkyl halides is 3. The molecule has 18 heavy (non-hydrogen) atoms. The van der Waals surface area contributed by atoms with Gasteiger partial charge < -0.3 is 0 Å². The van der Waals surface area contributed by atoms with Crippen molar-refractivity contribution in [2.45, 2.75) is 25.9 Å². The second kappa shape index (κ2) is 6.39. The van der Waals surface area contributed by atoms with Crippen LogP contribution in [0.5, 0.6) is 0 Å². The minimum atomic E-state index is -4.44. The van der Waals surface area contributed by atoms with Crippen molar-refractivity contribution in [2.24, 2.45) is 0 Å². The summed E-state index contributed by atoms with van der Waals surface area (Å²) in [7, 11) is 0. The number of carbonyl (C=O) groups excluding carboxylic acids is 1. The molecule has 1 N–H and O–H groups in total. The molecule has 3 nitrogen and oxygen atoms in total. The van der Waals surface area contributed by atoms with E-state index in [-0.39, 0.29) is 6.42 Å². The van der Waals surface area contributed by atoms with Gasteiger partial charge >= 0.3 is 6.18 Å². The lowest BCUT2D eigenvalue weighted by atomic mass is 10.1. The number of hydrogen-bond acceptors (Lipinski definition) is 2. The molecule has 0 unspecified atom stereocenters. The second-order valence-electron chi connectivity index (χ2n) is 3.92. The fourth-order valence-electron chi connectivity index (χ4n) is 1.37. The van der Waals surface area contributed by atoms with E-state index in [2.05, 4.69) is 4.84 Å². The molecule has 1 rings (SSSR count). The average molecular weight is 261 g/mol. The summed E-state index contributed by atoms with van der Waals surface area (Å²) in [4.78, 5) is 15.2. The molecule has 1 aromatic carbocycles. The molecule has 0 fully saturated rings. The molecule has 100 valence electrons. The topological polar surface area (TPSA) is 38.3 Å². The molecular weight excluding hydrogens is 247 g/mol. The first-order valence-electron chi connectivity index (χ1n) is 5.40. The normalized spacial score (nSPS) is 11.3. The predicted molar refractivity (Wildman–Crippen MR) is 59.6 cm³/mol. The number of benzene rings is 1. The molecule has 0 spiro atoms. The Bertz CT molecular complexity index is 405. The van der Waals surface area contributed by atoms with Gasteiger partial charge in [-0.25, -0.2) is 5.48 Å². The Balaban J connectivity index is 2.25. The molecule has 0 aliphatic rings. The van der Waals surface area contributed by atoms with Crippen LogP contribution in [0.4, 0.5) is 13.2 Å². The molecule has 0 heterocycles. The summed E-state index contributed by atoms with van der Waals surface area (Å²) in [5.41, 5.74) is 3.79. The molecule has 6 heteroatoms. The third kappa shape index (κ3) is 6.24. The Morgan fingerprint density at radius 2 is 2.11 bits per heavy atom. The van der Waals surface area contributed by atoms with Crippen molar-refractivity contribution in [2.75, 3.05) is 6.61 Å². The maximum absolute atomic E-state index is 11.7. The van der Waals surface area contributed by atoms with E-state index in [0.29, 0.717) is 6.42 Å². The van der Waals surface area contributed by atoms with E-state index in [1.165, 1.54) is 0 Å². The van der Waals surface area contributed by atoms with E-state index in [0.717, 1.165) is 11.1 Å². The fourth-order valence-corrected chi connectivity index (χ4v) is 1.37. The lowest BCUT2D eigenvalue weighted by Crippen LogP contribution is -2.29. The van der Waals surface area contributed by atoms with E-state index >= 15 is 0 Å². The molecule has 0 aliphatic carbocycles. The van der Waals surface area contributed by atoms with Gasteiger partial charge in [-0.3, -0.25) is 9.63 Å². The van der Waals surface area contributed by atoms with Crippen LogP contribution < -0.4 is 5.48 Å². The molecule has 0 saturated carbocycles. The van der Waals surface area contributed by atoms with Gasteiger partial charge in [0.15, 0.2) is 6.61 Å². The zero-order chi connectivity index (χ0) is 13.6. The summed E-state index contributed by atoms with van der Waals surface area (Å²) in [5, 5.41) is 0. The molecule has 0 saturated heterocycles. The lowest BCUT2D eigenvalue weighted by molar-refractivity contribution is -0.191. The quantitative estimate of drug-likeness (QED) is 0.827. The molecule has 0 aromatic heterocycles. The van der Waals surface area contributed by atoms with E-state index in [1.54, 1.807) is 5.48 Å². The van der Waals surface area contributed by atoms with Crippen LogP contribution >= 0.6 is 0 Å². The maximum Gasteiger partial charge on any atom is 0.414 e. The highest BCUT2D eigenvalue weighted by atomic mass is 19.4. The van der Waals surface area contributed by atoms with Crippen molar-refractivity contribution < 1.29 is 22.8 Å². The van der Waals surface area contributed by atoms with Gasteiger partial charge in [0, 0.05) is 6.42 Å². The minimum Gasteiger partial charge on any atom is -0.273 e. The number of halogens is 3. The van der Waals surface area contributed by atoms with Crippen molar-refractivity contribution in [1.82, 2.24) is 5.48 Å². The average Bonchev–Trinajstić information content (AvgIpc) is 2.25. The Morgan fingerprint density at radius 1 is 1.39 bits per heavy atom. The van der Waals surface area contributed by atoms with Gasteiger partial charge in [-0.2, -0.15) is 13.2 Å². The summed E-state index contributed by atoms with van der Waals surface area (Å²) in [6, 6.07) is 7.57. The van der Waals surface area contributed by atoms with Crippen LogP contribution in [0.3, 0.4) is 0 Å². The monoisotopic (exact) mass is 261 g/mol. The number of rotatable bonds is 5. The summed E-state index contributed by atoms with van der Waals surface area (Å²) in [6.45, 7) is 0.444. The van der Waals surface area contributed by atoms with E-state index in [9.17, 15) is 18.0 Å². The minimum absolute atomic E-state index is 0.0846. The smallest absolute Gasteiger partial charge is 0.273 e. The molecule has 0 atom stereocenters. The number of hydroxylamine groups is 1. The summed E-state index contributed by atoms with van der Waals surface area (Å²) in [6.07, 6.45) is -3.89. The number of amides is 1. The predicted octanol–water partition coefficient (Wildman–Crippen LogP) is 2.54. The number of hydrogen-bond donors (Lipinski definition) is 1. The first-order chi connectivity index (χ1) is 8.37. The summed E-state index contributed by atoms with van der Waals surface area (Å²) >= 11 is 0. The summed E-state index contributed by atoms with van der Waals surface area (Å²) < 4.78 is 35.2. The van der Waals surface area contributed by atoms with Crippen LogP contribution in [-0.2, 0) is 16.1 Å². The first kappa shape index (κ1) is 14.5. The Labute approximate surface area is 103 Å². The van der Waals surface area contributed by atoms with Crippen molar-refractivity contribution in [3.63, 3.8) is 0 Å². The molecule has 0 aliphatic heterocycles. The van der Waals surface area contributed by atoms with Crippen molar-refractivity contribution in [3.8, 4) is 0 Å². The van der Waals surface area contributed by atoms with Gasteiger partial charge in [-0.15, -0.1) is 0 Å². The Kier molecular flexibility index (Phi) is 5.15. The van der Waals surface area contributed by atoms with Crippen LogP contribution in [0.1, 0.15) is 17.5 Å². The molecule has 1 aromatic rings. The Hall–Kier alpha value is -1.56. The van der Waals surface area contributed by atoms with Gasteiger partial charge in [0.2, 0.25) is 5.91 Å². The van der Waals surface area contributed by atoms with Crippen LogP contribution in [0, 0.1) is 6.92 Å². The van der Waals surface area contributed by atoms with Gasteiger partial charge in [-0.05, 0) is 18.9 Å². The SMILES string of the molecule is Cc1cccc(CCC(=O)NOCC(F)(F)F)c1. The highest BCUT2D eigenvalue weighted by Crippen LogP contribution is 2.13. The lowest BCUT2D eigenvalue weighted by Gasteiger charge is -2.08. The van der Waals surface area contributed by atoms with Crippen LogP contribution in [-0.4, -0.2) is 18.7 Å². The zero-order valence-electron chi connectivity index (χ0n) is 9.88. The highest BCUT2D eigenvalue weighted by Gasteiger charge is 2.28. The van der Waals surface area contributed by atoms with Crippen LogP contribution in [0.2, 0.25) is 0 Å². The van der Waals surface area contributed by atoms with Crippen molar-refractivity contribution >= 4 is 5.91 Å². The highest BCUT2D eigenvalue weighted by molar-refractivity contribution is 5.75. The molecule has 0 radical (unpaired) electrons.